The van der Waals surface area contributed by atoms with Gasteiger partial charge in [0.05, 0.1) is 0 Å². The average Bonchev–Trinajstić information content (AvgIpc) is 2.53. The third kappa shape index (κ3) is 4.53. The number of hydrogen-bond donors (Lipinski definition) is 0. The standard InChI is InChI=1S/C16H17F5N2O/c17-15(18,16(19,20)21)14(24)6-7-22-8-10-23(11-9-22)12-13-4-2-1-3-5-13/h1-7H,8-12H2/b7-6+. The highest BCUT2D eigenvalue weighted by Gasteiger charge is 2.62. The summed E-state index contributed by atoms with van der Waals surface area (Å²) in [6.45, 7) is 2.90. The number of carbonyl (C=O) groups excluding carboxylic acids is 1. The average molecular weight is 348 g/mol. The number of halogens is 5. The van der Waals surface area contributed by atoms with Crippen LogP contribution in [0.25, 0.3) is 0 Å². The van der Waals surface area contributed by atoms with E-state index in [1.165, 1.54) is 0 Å². The van der Waals surface area contributed by atoms with Gasteiger partial charge in [0.1, 0.15) is 0 Å². The molecule has 1 aromatic rings. The molecule has 0 aliphatic carbocycles. The summed E-state index contributed by atoms with van der Waals surface area (Å²) in [6, 6.07) is 9.76. The number of rotatable bonds is 5. The summed E-state index contributed by atoms with van der Waals surface area (Å²) < 4.78 is 61.9. The van der Waals surface area contributed by atoms with Gasteiger partial charge in [-0.15, -0.1) is 0 Å². The number of ketones is 1. The van der Waals surface area contributed by atoms with Crippen molar-refractivity contribution in [1.29, 1.82) is 0 Å². The second kappa shape index (κ2) is 7.29. The second-order valence-electron chi connectivity index (χ2n) is 5.55. The van der Waals surface area contributed by atoms with Crippen molar-refractivity contribution in [1.82, 2.24) is 9.80 Å². The molecule has 8 heteroatoms. The van der Waals surface area contributed by atoms with Gasteiger partial charge in [0.15, 0.2) is 0 Å². The third-order valence-corrected chi connectivity index (χ3v) is 3.76. The fourth-order valence-electron chi connectivity index (χ4n) is 2.33. The highest BCUT2D eigenvalue weighted by atomic mass is 19.4. The van der Waals surface area contributed by atoms with Gasteiger partial charge in [0.2, 0.25) is 5.78 Å². The normalized spacial score (nSPS) is 17.5. The van der Waals surface area contributed by atoms with E-state index >= 15 is 0 Å². The number of allylic oxidation sites excluding steroid dienone is 1. The molecule has 0 spiro atoms. The Labute approximate surface area is 136 Å². The molecule has 0 unspecified atom stereocenters. The third-order valence-electron chi connectivity index (χ3n) is 3.76. The highest BCUT2D eigenvalue weighted by molar-refractivity contribution is 5.96. The van der Waals surface area contributed by atoms with E-state index in [1.54, 1.807) is 4.90 Å². The predicted molar refractivity (Wildman–Crippen MR) is 78.4 cm³/mol. The van der Waals surface area contributed by atoms with Crippen LogP contribution in [0.3, 0.4) is 0 Å². The molecule has 0 atom stereocenters. The van der Waals surface area contributed by atoms with Crippen LogP contribution in [0.2, 0.25) is 0 Å². The van der Waals surface area contributed by atoms with Crippen molar-refractivity contribution in [2.75, 3.05) is 26.2 Å². The summed E-state index contributed by atoms with van der Waals surface area (Å²) in [7, 11) is 0. The minimum absolute atomic E-state index is 0.306. The first-order valence-corrected chi connectivity index (χ1v) is 7.37. The van der Waals surface area contributed by atoms with E-state index in [4.69, 9.17) is 0 Å². The number of benzene rings is 1. The zero-order valence-electron chi connectivity index (χ0n) is 12.8. The number of carbonyl (C=O) groups is 1. The molecule has 2 rings (SSSR count). The first kappa shape index (κ1) is 18.4. The van der Waals surface area contributed by atoms with E-state index in [2.05, 4.69) is 4.90 Å². The first-order chi connectivity index (χ1) is 11.2. The smallest absolute Gasteiger partial charge is 0.375 e. The van der Waals surface area contributed by atoms with Gasteiger partial charge in [-0.2, -0.15) is 22.0 Å². The van der Waals surface area contributed by atoms with E-state index in [0.717, 1.165) is 18.3 Å². The lowest BCUT2D eigenvalue weighted by molar-refractivity contribution is -0.266. The quantitative estimate of drug-likeness (QED) is 0.604. The van der Waals surface area contributed by atoms with Gasteiger partial charge >= 0.3 is 12.1 Å². The van der Waals surface area contributed by atoms with Crippen molar-refractivity contribution in [3.63, 3.8) is 0 Å². The molecule has 132 valence electrons. The summed E-state index contributed by atoms with van der Waals surface area (Å²) in [5, 5.41) is 0. The highest BCUT2D eigenvalue weighted by Crippen LogP contribution is 2.36. The second-order valence-corrected chi connectivity index (χ2v) is 5.55. The van der Waals surface area contributed by atoms with Crippen molar-refractivity contribution < 1.29 is 26.7 Å². The summed E-state index contributed by atoms with van der Waals surface area (Å²) in [6.07, 6.45) is -4.55. The fourth-order valence-corrected chi connectivity index (χ4v) is 2.33. The minimum atomic E-state index is -5.87. The molecular weight excluding hydrogens is 331 g/mol. The maximum Gasteiger partial charge on any atom is 0.461 e. The molecule has 0 aromatic heterocycles. The minimum Gasteiger partial charge on any atom is -0.375 e. The summed E-state index contributed by atoms with van der Waals surface area (Å²) >= 11 is 0. The van der Waals surface area contributed by atoms with Crippen LogP contribution in [0.15, 0.2) is 42.6 Å². The van der Waals surface area contributed by atoms with Gasteiger partial charge in [0.25, 0.3) is 0 Å². The van der Waals surface area contributed by atoms with Crippen LogP contribution < -0.4 is 0 Å². The van der Waals surface area contributed by atoms with Crippen LogP contribution in [0.5, 0.6) is 0 Å². The lowest BCUT2D eigenvalue weighted by atomic mass is 10.2. The Hall–Kier alpha value is -1.96. The Morgan fingerprint density at radius 1 is 1.00 bits per heavy atom. The van der Waals surface area contributed by atoms with Crippen LogP contribution >= 0.6 is 0 Å². The molecular formula is C16H17F5N2O. The van der Waals surface area contributed by atoms with Gasteiger partial charge in [-0.05, 0) is 5.56 Å². The number of hydrogen-bond acceptors (Lipinski definition) is 3. The molecule has 0 saturated carbocycles. The van der Waals surface area contributed by atoms with Crippen molar-refractivity contribution >= 4 is 5.78 Å². The molecule has 0 bridgehead atoms. The van der Waals surface area contributed by atoms with Crippen LogP contribution in [-0.4, -0.2) is 53.9 Å². The maximum absolute atomic E-state index is 12.8. The molecule has 1 saturated heterocycles. The fraction of sp³-hybridized carbons (Fsp3) is 0.438. The van der Waals surface area contributed by atoms with E-state index in [-0.39, 0.29) is 0 Å². The summed E-state index contributed by atoms with van der Waals surface area (Å²) in [5.41, 5.74) is 1.14. The largest absolute Gasteiger partial charge is 0.461 e. The molecule has 24 heavy (non-hydrogen) atoms. The van der Waals surface area contributed by atoms with Crippen LogP contribution in [-0.2, 0) is 11.3 Å². The van der Waals surface area contributed by atoms with Crippen LogP contribution in [0.4, 0.5) is 22.0 Å². The molecule has 1 aliphatic rings. The Balaban J connectivity index is 1.83. The van der Waals surface area contributed by atoms with Crippen molar-refractivity contribution in [2.45, 2.75) is 18.6 Å². The Kier molecular flexibility index (Phi) is 5.58. The molecule has 1 aliphatic heterocycles. The Morgan fingerprint density at radius 2 is 1.58 bits per heavy atom. The molecule has 0 N–H and O–H groups in total. The lowest BCUT2D eigenvalue weighted by Gasteiger charge is -2.34. The van der Waals surface area contributed by atoms with Gasteiger partial charge in [-0.25, -0.2) is 0 Å². The molecule has 0 radical (unpaired) electrons. The van der Waals surface area contributed by atoms with E-state index < -0.39 is 17.9 Å². The van der Waals surface area contributed by atoms with Crippen molar-refractivity contribution in [3.8, 4) is 0 Å². The van der Waals surface area contributed by atoms with Crippen LogP contribution in [0, 0.1) is 0 Å². The molecule has 1 heterocycles. The van der Waals surface area contributed by atoms with Gasteiger partial charge in [-0.3, -0.25) is 9.69 Å². The van der Waals surface area contributed by atoms with Crippen molar-refractivity contribution in [3.05, 3.63) is 48.2 Å². The van der Waals surface area contributed by atoms with Gasteiger partial charge in [0, 0.05) is 45.0 Å². The van der Waals surface area contributed by atoms with Crippen LogP contribution in [0.1, 0.15) is 5.56 Å². The SMILES string of the molecule is O=C(/C=C/N1CCN(Cc2ccccc2)CC1)C(F)(F)C(F)(F)F. The molecule has 3 nitrogen and oxygen atoms in total. The molecule has 1 fully saturated rings. The summed E-state index contributed by atoms with van der Waals surface area (Å²) in [4.78, 5) is 14.8. The van der Waals surface area contributed by atoms with E-state index in [9.17, 15) is 26.7 Å². The van der Waals surface area contributed by atoms with Gasteiger partial charge in [-0.1, -0.05) is 30.3 Å². The van der Waals surface area contributed by atoms with E-state index in [1.807, 2.05) is 30.3 Å². The first-order valence-electron chi connectivity index (χ1n) is 7.37. The topological polar surface area (TPSA) is 23.6 Å². The maximum atomic E-state index is 12.8. The zero-order valence-corrected chi connectivity index (χ0v) is 12.8. The van der Waals surface area contributed by atoms with Gasteiger partial charge < -0.3 is 4.90 Å². The number of nitrogens with zero attached hydrogens (tertiary/aromatic N) is 2. The Bertz CT molecular complexity index is 578. The lowest BCUT2D eigenvalue weighted by Crippen LogP contribution is -2.45. The van der Waals surface area contributed by atoms with Crippen molar-refractivity contribution in [2.24, 2.45) is 0 Å². The Morgan fingerprint density at radius 3 is 2.12 bits per heavy atom. The summed E-state index contributed by atoms with van der Waals surface area (Å²) in [5.74, 6) is -7.60. The molecule has 0 amide bonds. The monoisotopic (exact) mass is 348 g/mol. The molecule has 1 aromatic carbocycles. The zero-order chi connectivity index (χ0) is 17.8. The number of alkyl halides is 5. The van der Waals surface area contributed by atoms with E-state index in [0.29, 0.717) is 32.3 Å². The number of piperazine rings is 1. The predicted octanol–water partition coefficient (Wildman–Crippen LogP) is 3.08.